The van der Waals surface area contributed by atoms with E-state index in [9.17, 15) is 29.4 Å². The molecule has 16 heteroatoms. The fourth-order valence-corrected chi connectivity index (χ4v) is 11.3. The van der Waals surface area contributed by atoms with Crippen molar-refractivity contribution >= 4 is 23.8 Å². The van der Waals surface area contributed by atoms with Crippen LogP contribution in [0.5, 0.6) is 0 Å². The molecule has 3 unspecified atom stereocenters. The summed E-state index contributed by atoms with van der Waals surface area (Å²) in [4.78, 5) is 62.1. The molecule has 6 aliphatic rings. The Balaban J connectivity index is 1.27. The summed E-state index contributed by atoms with van der Waals surface area (Å²) < 4.78 is 45.3. The zero-order valence-electron chi connectivity index (χ0n) is 38.0. The minimum absolute atomic E-state index is 0.0234. The van der Waals surface area contributed by atoms with Crippen LogP contribution in [0, 0.1) is 22.2 Å². The van der Waals surface area contributed by atoms with Crippen LogP contribution in [0.25, 0.3) is 0 Å². The fourth-order valence-electron chi connectivity index (χ4n) is 11.3. The number of hydrogen-bond donors (Lipinski definition) is 3. The molecule has 3 N–H and O–H groups in total. The van der Waals surface area contributed by atoms with Crippen LogP contribution in [-0.4, -0.2) is 137 Å². The maximum Gasteiger partial charge on any atom is 0.338 e. The van der Waals surface area contributed by atoms with Crippen LogP contribution in [0.4, 0.5) is 0 Å². The molecule has 3 aliphatic carbocycles. The van der Waals surface area contributed by atoms with Gasteiger partial charge in [-0.1, -0.05) is 65.8 Å². The molecule has 4 heterocycles. The van der Waals surface area contributed by atoms with Crippen molar-refractivity contribution < 1.29 is 62.5 Å². The Morgan fingerprint density at radius 3 is 2.33 bits per heavy atom. The van der Waals surface area contributed by atoms with E-state index in [1.54, 1.807) is 69.3 Å². The summed E-state index contributed by atoms with van der Waals surface area (Å²) in [5.74, 6) is -3.73. The van der Waals surface area contributed by atoms with Gasteiger partial charge in [0.05, 0.1) is 43.1 Å². The number of carbonyl (C=O) groups is 4. The lowest BCUT2D eigenvalue weighted by Crippen LogP contribution is -2.79. The molecular formula is C48H63N3O13. The predicted molar refractivity (Wildman–Crippen MR) is 228 cm³/mol. The van der Waals surface area contributed by atoms with Gasteiger partial charge < -0.3 is 48.7 Å². The van der Waals surface area contributed by atoms with Crippen molar-refractivity contribution in [3.05, 3.63) is 77.1 Å². The number of aliphatic hydroxyl groups is 2. The number of benzene rings is 1. The zero-order chi connectivity index (χ0) is 46.0. The molecule has 64 heavy (non-hydrogen) atoms. The third-order valence-corrected chi connectivity index (χ3v) is 14.9. The molecular weight excluding hydrogens is 827 g/mol. The number of morpholine rings is 1. The number of carbonyl (C=O) groups excluding carboxylic acids is 4. The maximum absolute atomic E-state index is 14.5. The van der Waals surface area contributed by atoms with Gasteiger partial charge in [0.25, 0.3) is 0 Å². The summed E-state index contributed by atoms with van der Waals surface area (Å²) in [6.07, 6.45) is -5.31. The van der Waals surface area contributed by atoms with E-state index in [0.29, 0.717) is 56.8 Å². The summed E-state index contributed by atoms with van der Waals surface area (Å²) in [6, 6.07) is 12.1. The van der Waals surface area contributed by atoms with Gasteiger partial charge in [-0.05, 0) is 55.2 Å². The minimum atomic E-state index is -2.06. The Bertz CT molecular complexity index is 2120. The van der Waals surface area contributed by atoms with E-state index in [0.717, 1.165) is 0 Å². The summed E-state index contributed by atoms with van der Waals surface area (Å²) >= 11 is 0. The number of pyridine rings is 1. The third-order valence-electron chi connectivity index (χ3n) is 14.9. The summed E-state index contributed by atoms with van der Waals surface area (Å²) in [5, 5.41) is 28.6. The van der Waals surface area contributed by atoms with Gasteiger partial charge in [0.15, 0.2) is 18.0 Å². The first-order valence-corrected chi connectivity index (χ1v) is 22.4. The van der Waals surface area contributed by atoms with Crippen molar-refractivity contribution in [2.45, 2.75) is 135 Å². The smallest absolute Gasteiger partial charge is 0.338 e. The van der Waals surface area contributed by atoms with Crippen LogP contribution in [0.3, 0.4) is 0 Å². The first kappa shape index (κ1) is 46.2. The number of hydrogen-bond acceptors (Lipinski definition) is 15. The Hall–Kier alpha value is -4.29. The molecule has 1 aromatic heterocycles. The van der Waals surface area contributed by atoms with Crippen molar-refractivity contribution in [1.82, 2.24) is 15.2 Å². The molecule has 0 radical (unpaired) electrons. The second-order valence-corrected chi connectivity index (χ2v) is 20.2. The SMILES string of the molecule is CC(=O)O[C@@]12CO[C@@H]1CC[C@@]1(C)C3O[C@H](CN4CCOCC4)OC3C3=C(C)[C@@H](OC(=O)[C@H](O)[C@@H](NC(=O)C(C)(C)C)c4ccccn4)C[C@@](O)([C@@H](OC(=O)c4ccccc4)C12)C3(C)C. The lowest BCUT2D eigenvalue weighted by Gasteiger charge is -2.68. The van der Waals surface area contributed by atoms with Gasteiger partial charge in [-0.2, -0.15) is 0 Å². The number of aromatic nitrogens is 1. The van der Waals surface area contributed by atoms with Crippen molar-refractivity contribution in [3.63, 3.8) is 0 Å². The highest BCUT2D eigenvalue weighted by molar-refractivity contribution is 5.89. The van der Waals surface area contributed by atoms with Crippen molar-refractivity contribution in [3.8, 4) is 0 Å². The molecule has 3 saturated heterocycles. The fraction of sp³-hybridized carbons (Fsp3) is 0.646. The predicted octanol–water partition coefficient (Wildman–Crippen LogP) is 3.83. The molecule has 2 saturated carbocycles. The van der Waals surface area contributed by atoms with Gasteiger partial charge in [-0.3, -0.25) is 19.5 Å². The van der Waals surface area contributed by atoms with E-state index in [-0.39, 0.29) is 24.3 Å². The molecule has 3 aliphatic heterocycles. The number of ether oxygens (including phenoxy) is 7. The Kier molecular flexibility index (Phi) is 12.4. The highest BCUT2D eigenvalue weighted by Crippen LogP contribution is 2.66. The maximum atomic E-state index is 14.5. The zero-order valence-corrected chi connectivity index (χ0v) is 38.0. The first-order valence-electron chi connectivity index (χ1n) is 22.4. The van der Waals surface area contributed by atoms with E-state index in [1.807, 2.05) is 27.7 Å². The highest BCUT2D eigenvalue weighted by Gasteiger charge is 2.77. The lowest BCUT2D eigenvalue weighted by molar-refractivity contribution is -0.345. The number of amides is 1. The molecule has 12 atom stereocenters. The number of nitrogens with one attached hydrogen (secondary N) is 1. The average molecular weight is 890 g/mol. The van der Waals surface area contributed by atoms with Gasteiger partial charge in [-0.25, -0.2) is 9.59 Å². The van der Waals surface area contributed by atoms with Crippen molar-refractivity contribution in [2.24, 2.45) is 22.2 Å². The minimum Gasteiger partial charge on any atom is -0.456 e. The summed E-state index contributed by atoms with van der Waals surface area (Å²) in [5.41, 5.74) is -4.92. The van der Waals surface area contributed by atoms with Gasteiger partial charge in [-0.15, -0.1) is 0 Å². The first-order chi connectivity index (χ1) is 30.2. The molecule has 1 aromatic carbocycles. The highest BCUT2D eigenvalue weighted by atomic mass is 16.7. The quantitative estimate of drug-likeness (QED) is 0.176. The lowest BCUT2D eigenvalue weighted by atomic mass is 9.45. The Morgan fingerprint density at radius 1 is 1.00 bits per heavy atom. The average Bonchev–Trinajstić information content (AvgIpc) is 3.66. The summed E-state index contributed by atoms with van der Waals surface area (Å²) in [6.45, 7) is 16.9. The molecule has 5 fully saturated rings. The van der Waals surface area contributed by atoms with E-state index in [4.69, 9.17) is 33.2 Å². The van der Waals surface area contributed by atoms with Gasteiger partial charge >= 0.3 is 17.9 Å². The monoisotopic (exact) mass is 889 g/mol. The standard InChI is InChI=1S/C48H63N3O13/c1-27-31(60-42(55)36(53)35(30-16-12-13-19-49-30)50-43(56)44(3,4)5)24-48(57)40(63-41(54)29-14-10-9-11-15-29)38-46(8,18-17-32-47(38,26-59-32)64-28(2)52)39-37(34(27)45(48,6)7)61-33(62-39)25-51-20-22-58-23-21-51/h9-16,19,31-33,35-40,53,57H,17-18,20-26H2,1-8H3,(H,50,56)/t31-,32+,33+,35-,36+,37?,38?,39?,40-,46+,47-,48+/m0/s1. The van der Waals surface area contributed by atoms with E-state index < -0.39 is 106 Å². The number of aliphatic hydroxyl groups excluding tert-OH is 1. The van der Waals surface area contributed by atoms with Gasteiger partial charge in [0, 0.05) is 55.4 Å². The number of rotatable bonds is 10. The van der Waals surface area contributed by atoms with Crippen LogP contribution < -0.4 is 5.32 Å². The second-order valence-electron chi connectivity index (χ2n) is 20.2. The largest absolute Gasteiger partial charge is 0.456 e. The van der Waals surface area contributed by atoms with E-state index in [1.165, 1.54) is 13.1 Å². The van der Waals surface area contributed by atoms with Gasteiger partial charge in [0.2, 0.25) is 5.91 Å². The van der Waals surface area contributed by atoms with Crippen LogP contribution in [0.2, 0.25) is 0 Å². The van der Waals surface area contributed by atoms with Crippen LogP contribution in [0.15, 0.2) is 65.9 Å². The van der Waals surface area contributed by atoms with Crippen LogP contribution in [-0.2, 0) is 47.5 Å². The second kappa shape index (κ2) is 17.2. The molecule has 2 bridgehead atoms. The van der Waals surface area contributed by atoms with E-state index >= 15 is 0 Å². The van der Waals surface area contributed by atoms with Crippen molar-refractivity contribution in [2.75, 3.05) is 39.5 Å². The van der Waals surface area contributed by atoms with Gasteiger partial charge in [0.1, 0.15) is 36.1 Å². The molecule has 8 rings (SSSR count). The summed E-state index contributed by atoms with van der Waals surface area (Å²) in [7, 11) is 0. The Morgan fingerprint density at radius 2 is 1.70 bits per heavy atom. The molecule has 16 nitrogen and oxygen atoms in total. The van der Waals surface area contributed by atoms with Crippen molar-refractivity contribution in [1.29, 1.82) is 0 Å². The molecule has 2 aromatic rings. The van der Waals surface area contributed by atoms with E-state index in [2.05, 4.69) is 15.2 Å². The molecule has 0 spiro atoms. The number of esters is 3. The third kappa shape index (κ3) is 7.96. The van der Waals surface area contributed by atoms with Crippen LogP contribution >= 0.6 is 0 Å². The number of fused-ring (bicyclic) bond motifs is 8. The topological polar surface area (TPSA) is 202 Å². The molecule has 1 amide bonds. The van der Waals surface area contributed by atoms with Crippen LogP contribution in [0.1, 0.15) is 96.7 Å². The number of nitrogens with zero attached hydrogens (tertiary/aromatic N) is 2. The Labute approximate surface area is 374 Å². The normalized spacial score (nSPS) is 35.4. The molecule has 348 valence electrons.